The summed E-state index contributed by atoms with van der Waals surface area (Å²) in [5.41, 5.74) is 6.89. The second kappa shape index (κ2) is 6.70. The summed E-state index contributed by atoms with van der Waals surface area (Å²) in [6.07, 6.45) is 4.52. The molecule has 5 rings (SSSR count). The van der Waals surface area contributed by atoms with Crippen LogP contribution in [-0.4, -0.2) is 6.17 Å². The van der Waals surface area contributed by atoms with Crippen LogP contribution in [0.2, 0.25) is 0 Å². The van der Waals surface area contributed by atoms with E-state index < -0.39 is 0 Å². The summed E-state index contributed by atoms with van der Waals surface area (Å²) in [5.74, 6) is 0.474. The first kappa shape index (κ1) is 17.9. The zero-order chi connectivity index (χ0) is 20.1. The van der Waals surface area contributed by atoms with Crippen molar-refractivity contribution >= 4 is 33.3 Å². The minimum atomic E-state index is 0.160. The Labute approximate surface area is 171 Å². The first-order valence-corrected chi connectivity index (χ1v) is 10.3. The van der Waals surface area contributed by atoms with Gasteiger partial charge in [-0.2, -0.15) is 0 Å². The van der Waals surface area contributed by atoms with E-state index in [2.05, 4.69) is 98.4 Å². The molecule has 1 aromatic heterocycles. The maximum atomic E-state index is 6.33. The van der Waals surface area contributed by atoms with E-state index in [1.54, 1.807) is 0 Å². The van der Waals surface area contributed by atoms with E-state index in [4.69, 9.17) is 4.42 Å². The molecule has 3 nitrogen and oxygen atoms in total. The first-order chi connectivity index (χ1) is 14.1. The lowest BCUT2D eigenvalue weighted by atomic mass is 10.0. The molecule has 2 heterocycles. The number of para-hydroxylation sites is 2. The van der Waals surface area contributed by atoms with Crippen molar-refractivity contribution in [3.63, 3.8) is 0 Å². The van der Waals surface area contributed by atoms with Crippen LogP contribution in [0.3, 0.4) is 0 Å². The van der Waals surface area contributed by atoms with Crippen molar-refractivity contribution in [2.45, 2.75) is 39.8 Å². The molecule has 0 saturated heterocycles. The minimum absolute atomic E-state index is 0.160. The Morgan fingerprint density at radius 1 is 0.828 bits per heavy atom. The van der Waals surface area contributed by atoms with Gasteiger partial charge in [0.1, 0.15) is 11.7 Å². The third-order valence-corrected chi connectivity index (χ3v) is 6.01. The molecule has 4 aromatic rings. The number of fused-ring (bicyclic) bond motifs is 3. The van der Waals surface area contributed by atoms with E-state index >= 15 is 0 Å². The summed E-state index contributed by atoms with van der Waals surface area (Å²) in [7, 11) is 0. The van der Waals surface area contributed by atoms with Crippen LogP contribution in [0.25, 0.3) is 21.9 Å². The van der Waals surface area contributed by atoms with Crippen molar-refractivity contribution < 1.29 is 4.42 Å². The van der Waals surface area contributed by atoms with Crippen LogP contribution in [-0.2, 0) is 0 Å². The summed E-state index contributed by atoms with van der Waals surface area (Å²) in [5, 5.41) is 2.34. The average Bonchev–Trinajstić information content (AvgIpc) is 3.28. The molecule has 0 saturated carbocycles. The fourth-order valence-corrected chi connectivity index (χ4v) is 4.47. The van der Waals surface area contributed by atoms with Gasteiger partial charge in [-0.3, -0.25) is 0 Å². The van der Waals surface area contributed by atoms with Crippen molar-refractivity contribution in [3.05, 3.63) is 84.2 Å². The molecule has 1 aliphatic rings. The van der Waals surface area contributed by atoms with Crippen molar-refractivity contribution in [1.82, 2.24) is 0 Å². The van der Waals surface area contributed by atoms with Crippen LogP contribution in [0, 0.1) is 6.92 Å². The van der Waals surface area contributed by atoms with Crippen LogP contribution in [0.5, 0.6) is 0 Å². The van der Waals surface area contributed by atoms with Gasteiger partial charge in [-0.15, -0.1) is 0 Å². The highest BCUT2D eigenvalue weighted by atomic mass is 16.3. The number of nitrogens with zero attached hydrogens (tertiary/aromatic N) is 2. The molecule has 0 unspecified atom stereocenters. The average molecular weight is 383 g/mol. The van der Waals surface area contributed by atoms with Gasteiger partial charge in [-0.25, -0.2) is 0 Å². The van der Waals surface area contributed by atoms with Gasteiger partial charge >= 0.3 is 0 Å². The molecule has 0 radical (unpaired) electrons. The monoisotopic (exact) mass is 382 g/mol. The molecule has 0 amide bonds. The Kier molecular flexibility index (Phi) is 4.13. The zero-order valence-electron chi connectivity index (χ0n) is 17.4. The highest BCUT2D eigenvalue weighted by Gasteiger charge is 2.29. The van der Waals surface area contributed by atoms with Crippen LogP contribution >= 0.6 is 0 Å². The third kappa shape index (κ3) is 2.72. The van der Waals surface area contributed by atoms with Gasteiger partial charge in [0.15, 0.2) is 5.58 Å². The zero-order valence-corrected chi connectivity index (χ0v) is 17.4. The topological polar surface area (TPSA) is 19.6 Å². The van der Waals surface area contributed by atoms with Gasteiger partial charge in [0, 0.05) is 28.9 Å². The molecule has 0 aliphatic carbocycles. The third-order valence-electron chi connectivity index (χ3n) is 6.01. The lowest BCUT2D eigenvalue weighted by Crippen LogP contribution is -2.36. The van der Waals surface area contributed by atoms with Gasteiger partial charge in [-0.05, 0) is 43.0 Å². The van der Waals surface area contributed by atoms with Crippen molar-refractivity contribution in [3.8, 4) is 0 Å². The molecule has 0 N–H and O–H groups in total. The van der Waals surface area contributed by atoms with Gasteiger partial charge in [-0.1, -0.05) is 62.4 Å². The quantitative estimate of drug-likeness (QED) is 0.375. The Hall–Kier alpha value is -3.20. The highest BCUT2D eigenvalue weighted by molar-refractivity contribution is 6.09. The largest absolute Gasteiger partial charge is 0.454 e. The lowest BCUT2D eigenvalue weighted by molar-refractivity contribution is 0.661. The molecular formula is C26H26N2O. The van der Waals surface area contributed by atoms with Crippen molar-refractivity contribution in [1.29, 1.82) is 0 Å². The minimum Gasteiger partial charge on any atom is -0.454 e. The molecular weight excluding hydrogens is 356 g/mol. The maximum absolute atomic E-state index is 6.33. The number of rotatable bonds is 3. The number of benzene rings is 3. The number of anilines is 2. The first-order valence-electron chi connectivity index (χ1n) is 10.3. The van der Waals surface area contributed by atoms with E-state index in [1.807, 2.05) is 12.1 Å². The van der Waals surface area contributed by atoms with Crippen LogP contribution in [0.15, 0.2) is 77.5 Å². The summed E-state index contributed by atoms with van der Waals surface area (Å²) in [4.78, 5) is 4.69. The molecule has 1 atom stereocenters. The smallest absolute Gasteiger partial charge is 0.159 e. The molecule has 0 bridgehead atoms. The van der Waals surface area contributed by atoms with Crippen LogP contribution in [0.4, 0.5) is 11.4 Å². The van der Waals surface area contributed by atoms with E-state index in [0.717, 1.165) is 16.9 Å². The van der Waals surface area contributed by atoms with Crippen LogP contribution < -0.4 is 9.80 Å². The Morgan fingerprint density at radius 3 is 2.38 bits per heavy atom. The number of furan rings is 1. The number of aryl methyl sites for hydroxylation is 1. The standard InChI is InChI=1S/C26H26N2O/c1-17(2)20-9-5-7-11-23(20)27-15-16-28(19(27)4)25-18(3)13-14-22-21-10-6-8-12-24(21)29-26(22)25/h5-17,19H,1-4H3/t19-/m0/s1. The van der Waals surface area contributed by atoms with E-state index in [-0.39, 0.29) is 6.17 Å². The van der Waals surface area contributed by atoms with Crippen molar-refractivity contribution in [2.75, 3.05) is 9.80 Å². The molecule has 146 valence electrons. The summed E-state index contributed by atoms with van der Waals surface area (Å²) in [6, 6.07) is 21.3. The lowest BCUT2D eigenvalue weighted by Gasteiger charge is -2.32. The predicted octanol–water partition coefficient (Wildman–Crippen LogP) is 7.16. The molecule has 29 heavy (non-hydrogen) atoms. The summed E-state index contributed by atoms with van der Waals surface area (Å²) < 4.78 is 6.33. The predicted molar refractivity (Wildman–Crippen MR) is 123 cm³/mol. The maximum Gasteiger partial charge on any atom is 0.159 e. The van der Waals surface area contributed by atoms with Gasteiger partial charge < -0.3 is 14.2 Å². The van der Waals surface area contributed by atoms with Gasteiger partial charge in [0.25, 0.3) is 0 Å². The molecule has 0 fully saturated rings. The van der Waals surface area contributed by atoms with Gasteiger partial charge in [0.2, 0.25) is 0 Å². The Morgan fingerprint density at radius 2 is 1.55 bits per heavy atom. The highest BCUT2D eigenvalue weighted by Crippen LogP contribution is 2.41. The van der Waals surface area contributed by atoms with E-state index in [1.165, 1.54) is 27.6 Å². The SMILES string of the molecule is Cc1ccc2c(oc3ccccc32)c1N1C=CN(c2ccccc2C(C)C)[C@@H]1C. The Bertz CT molecular complexity index is 1230. The van der Waals surface area contributed by atoms with Crippen molar-refractivity contribution in [2.24, 2.45) is 0 Å². The van der Waals surface area contributed by atoms with Crippen LogP contribution in [0.1, 0.15) is 37.8 Å². The second-order valence-electron chi connectivity index (χ2n) is 8.16. The summed E-state index contributed by atoms with van der Waals surface area (Å²) in [6.45, 7) is 8.91. The molecule has 1 aliphatic heterocycles. The van der Waals surface area contributed by atoms with E-state index in [0.29, 0.717) is 5.92 Å². The van der Waals surface area contributed by atoms with E-state index in [9.17, 15) is 0 Å². The number of hydrogen-bond acceptors (Lipinski definition) is 3. The molecule has 3 heteroatoms. The second-order valence-corrected chi connectivity index (χ2v) is 8.16. The fourth-order valence-electron chi connectivity index (χ4n) is 4.47. The number of hydrogen-bond donors (Lipinski definition) is 0. The normalized spacial score (nSPS) is 16.7. The Balaban J connectivity index is 1.62. The molecule has 3 aromatic carbocycles. The van der Waals surface area contributed by atoms with Gasteiger partial charge in [0.05, 0.1) is 5.69 Å². The summed E-state index contributed by atoms with van der Waals surface area (Å²) >= 11 is 0. The fraction of sp³-hybridized carbons (Fsp3) is 0.231. The molecule has 0 spiro atoms.